The minimum absolute atomic E-state index is 0.0145. The van der Waals surface area contributed by atoms with Gasteiger partial charge in [0.2, 0.25) is 5.91 Å². The molecule has 1 rings (SSSR count). The molecule has 0 aliphatic carbocycles. The van der Waals surface area contributed by atoms with Crippen LogP contribution in [0.2, 0.25) is 0 Å². The van der Waals surface area contributed by atoms with Crippen molar-refractivity contribution in [1.82, 2.24) is 10.2 Å². The van der Waals surface area contributed by atoms with Crippen molar-refractivity contribution < 1.29 is 14.7 Å². The van der Waals surface area contributed by atoms with Gasteiger partial charge in [-0.15, -0.1) is 0 Å². The van der Waals surface area contributed by atoms with Crippen LogP contribution in [0.25, 0.3) is 0 Å². The van der Waals surface area contributed by atoms with Crippen LogP contribution in [0, 0.1) is 5.41 Å². The number of carbonyl (C=O) groups is 2. The van der Waals surface area contributed by atoms with Crippen LogP contribution in [0.3, 0.4) is 0 Å². The summed E-state index contributed by atoms with van der Waals surface area (Å²) in [5.41, 5.74) is -0.570. The van der Waals surface area contributed by atoms with E-state index in [2.05, 4.69) is 5.32 Å². The summed E-state index contributed by atoms with van der Waals surface area (Å²) in [5, 5.41) is 11.8. The van der Waals surface area contributed by atoms with Crippen LogP contribution in [0.4, 0.5) is 0 Å². The van der Waals surface area contributed by atoms with Crippen molar-refractivity contribution in [2.45, 2.75) is 26.2 Å². The maximum atomic E-state index is 11.2. The van der Waals surface area contributed by atoms with E-state index >= 15 is 0 Å². The Morgan fingerprint density at radius 2 is 1.94 bits per heavy atom. The highest BCUT2D eigenvalue weighted by atomic mass is 16.4. The molecule has 92 valence electrons. The van der Waals surface area contributed by atoms with E-state index in [1.165, 1.54) is 0 Å². The predicted molar refractivity (Wildman–Crippen MR) is 60.1 cm³/mol. The van der Waals surface area contributed by atoms with E-state index in [1.807, 2.05) is 11.8 Å². The molecule has 0 aromatic rings. The fraction of sp³-hybridized carbons (Fsp3) is 0.818. The lowest BCUT2D eigenvalue weighted by Gasteiger charge is -2.37. The zero-order valence-electron chi connectivity index (χ0n) is 9.95. The van der Waals surface area contributed by atoms with Gasteiger partial charge in [0.15, 0.2) is 0 Å². The second-order valence-electron chi connectivity index (χ2n) is 4.39. The van der Waals surface area contributed by atoms with Gasteiger partial charge in [0.25, 0.3) is 0 Å². The Bertz CT molecular complexity index is 270. The van der Waals surface area contributed by atoms with Crippen molar-refractivity contribution in [2.75, 3.05) is 26.7 Å². The van der Waals surface area contributed by atoms with Gasteiger partial charge in [0.05, 0.1) is 12.0 Å². The molecular formula is C11H20N2O3. The number of piperidine rings is 1. The van der Waals surface area contributed by atoms with Gasteiger partial charge in [0, 0.05) is 7.05 Å². The molecule has 0 bridgehead atoms. The number of hydrogen-bond acceptors (Lipinski definition) is 3. The average molecular weight is 228 g/mol. The second kappa shape index (κ2) is 5.30. The minimum atomic E-state index is -0.699. The van der Waals surface area contributed by atoms with Crippen LogP contribution < -0.4 is 5.32 Å². The Hall–Kier alpha value is -1.10. The molecule has 0 spiro atoms. The van der Waals surface area contributed by atoms with E-state index in [-0.39, 0.29) is 5.91 Å². The van der Waals surface area contributed by atoms with Crippen LogP contribution >= 0.6 is 0 Å². The maximum absolute atomic E-state index is 11.2. The first-order valence-electron chi connectivity index (χ1n) is 5.70. The zero-order chi connectivity index (χ0) is 12.2. The zero-order valence-corrected chi connectivity index (χ0v) is 9.95. The molecule has 1 saturated heterocycles. The van der Waals surface area contributed by atoms with Crippen molar-refractivity contribution in [3.05, 3.63) is 0 Å². The Kier molecular flexibility index (Phi) is 4.29. The average Bonchev–Trinajstić information content (AvgIpc) is 2.29. The summed E-state index contributed by atoms with van der Waals surface area (Å²) in [4.78, 5) is 24.4. The first-order chi connectivity index (χ1) is 7.54. The highest BCUT2D eigenvalue weighted by Gasteiger charge is 2.39. The molecule has 1 aliphatic heterocycles. The van der Waals surface area contributed by atoms with Gasteiger partial charge >= 0.3 is 5.97 Å². The van der Waals surface area contributed by atoms with Crippen molar-refractivity contribution in [1.29, 1.82) is 0 Å². The molecule has 5 heteroatoms. The largest absolute Gasteiger partial charge is 0.481 e. The first-order valence-corrected chi connectivity index (χ1v) is 5.70. The second-order valence-corrected chi connectivity index (χ2v) is 4.39. The molecule has 0 atom stereocenters. The fourth-order valence-electron chi connectivity index (χ4n) is 2.14. The number of carboxylic acid groups (broad SMARTS) is 1. The van der Waals surface area contributed by atoms with Crippen molar-refractivity contribution >= 4 is 11.9 Å². The Morgan fingerprint density at radius 3 is 2.31 bits per heavy atom. The number of aliphatic carboxylic acids is 1. The molecule has 16 heavy (non-hydrogen) atoms. The van der Waals surface area contributed by atoms with E-state index in [9.17, 15) is 14.7 Å². The van der Waals surface area contributed by atoms with Crippen LogP contribution in [0.15, 0.2) is 0 Å². The van der Waals surface area contributed by atoms with Gasteiger partial charge in [-0.2, -0.15) is 0 Å². The first kappa shape index (κ1) is 13.0. The Labute approximate surface area is 95.8 Å². The number of rotatable bonds is 4. The van der Waals surface area contributed by atoms with Gasteiger partial charge in [-0.3, -0.25) is 14.5 Å². The third kappa shape index (κ3) is 2.72. The van der Waals surface area contributed by atoms with Gasteiger partial charge < -0.3 is 10.4 Å². The molecule has 0 saturated carbocycles. The van der Waals surface area contributed by atoms with Crippen LogP contribution in [-0.4, -0.2) is 48.6 Å². The van der Waals surface area contributed by atoms with E-state index in [0.717, 1.165) is 0 Å². The van der Waals surface area contributed by atoms with Gasteiger partial charge in [-0.1, -0.05) is 6.92 Å². The molecule has 0 aromatic heterocycles. The van der Waals surface area contributed by atoms with Crippen LogP contribution in [-0.2, 0) is 9.59 Å². The fourth-order valence-corrected chi connectivity index (χ4v) is 2.14. The van der Waals surface area contributed by atoms with E-state index in [1.54, 1.807) is 7.05 Å². The molecule has 5 nitrogen and oxygen atoms in total. The molecule has 1 aliphatic rings. The number of carbonyl (C=O) groups excluding carboxylic acids is 1. The molecule has 1 heterocycles. The molecule has 1 amide bonds. The van der Waals surface area contributed by atoms with Gasteiger partial charge in [-0.25, -0.2) is 0 Å². The highest BCUT2D eigenvalue weighted by Crippen LogP contribution is 2.34. The number of nitrogens with one attached hydrogen (secondary N) is 1. The Morgan fingerprint density at radius 1 is 1.38 bits per heavy atom. The SMILES string of the molecule is CCC1(C(=O)O)CCN(CC(=O)NC)CC1. The highest BCUT2D eigenvalue weighted by molar-refractivity contribution is 5.78. The number of nitrogens with zero attached hydrogens (tertiary/aromatic N) is 1. The third-order valence-corrected chi connectivity index (χ3v) is 3.59. The molecule has 0 aromatic carbocycles. The molecular weight excluding hydrogens is 208 g/mol. The third-order valence-electron chi connectivity index (χ3n) is 3.59. The van der Waals surface area contributed by atoms with Gasteiger partial charge in [-0.05, 0) is 32.4 Å². The summed E-state index contributed by atoms with van der Waals surface area (Å²) in [5.74, 6) is -0.714. The standard InChI is InChI=1S/C11H20N2O3/c1-3-11(10(15)16)4-6-13(7-5-11)8-9(14)12-2/h3-8H2,1-2H3,(H,12,14)(H,15,16). The predicted octanol–water partition coefficient (Wildman–Crippen LogP) is 0.309. The summed E-state index contributed by atoms with van der Waals surface area (Å²) in [7, 11) is 1.61. The molecule has 1 fully saturated rings. The maximum Gasteiger partial charge on any atom is 0.309 e. The van der Waals surface area contributed by atoms with Crippen molar-refractivity contribution in [3.63, 3.8) is 0 Å². The van der Waals surface area contributed by atoms with Crippen molar-refractivity contribution in [3.8, 4) is 0 Å². The number of hydrogen-bond donors (Lipinski definition) is 2. The normalized spacial score (nSPS) is 20.4. The number of likely N-dealkylation sites (tertiary alicyclic amines) is 1. The summed E-state index contributed by atoms with van der Waals surface area (Å²) in [6, 6.07) is 0. The summed E-state index contributed by atoms with van der Waals surface area (Å²) in [6.45, 7) is 3.67. The smallest absolute Gasteiger partial charge is 0.309 e. The monoisotopic (exact) mass is 228 g/mol. The van der Waals surface area contributed by atoms with Crippen molar-refractivity contribution in [2.24, 2.45) is 5.41 Å². The van der Waals surface area contributed by atoms with E-state index < -0.39 is 11.4 Å². The molecule has 0 unspecified atom stereocenters. The topological polar surface area (TPSA) is 69.6 Å². The van der Waals surface area contributed by atoms with Gasteiger partial charge in [0.1, 0.15) is 0 Å². The quantitative estimate of drug-likeness (QED) is 0.726. The summed E-state index contributed by atoms with van der Waals surface area (Å²) in [6.07, 6.45) is 1.93. The molecule has 0 radical (unpaired) electrons. The summed E-state index contributed by atoms with van der Waals surface area (Å²) < 4.78 is 0. The van der Waals surface area contributed by atoms with E-state index in [4.69, 9.17) is 0 Å². The number of amides is 1. The number of likely N-dealkylation sites (N-methyl/N-ethyl adjacent to an activating group) is 1. The molecule has 2 N–H and O–H groups in total. The minimum Gasteiger partial charge on any atom is -0.481 e. The Balaban J connectivity index is 2.49. The number of carboxylic acids is 1. The van der Waals surface area contributed by atoms with Crippen LogP contribution in [0.5, 0.6) is 0 Å². The summed E-state index contributed by atoms with van der Waals surface area (Å²) >= 11 is 0. The lowest BCUT2D eigenvalue weighted by molar-refractivity contribution is -0.152. The lowest BCUT2D eigenvalue weighted by Crippen LogP contribution is -2.46. The van der Waals surface area contributed by atoms with E-state index in [0.29, 0.717) is 38.9 Å². The lowest BCUT2D eigenvalue weighted by atomic mass is 9.76. The van der Waals surface area contributed by atoms with Crippen LogP contribution in [0.1, 0.15) is 26.2 Å².